The molecule has 1 aliphatic heterocycles. The summed E-state index contributed by atoms with van der Waals surface area (Å²) in [7, 11) is 0. The fraction of sp³-hybridized carbons (Fsp3) is 0.800. The lowest BCUT2D eigenvalue weighted by atomic mass is 10.1. The van der Waals surface area contributed by atoms with Crippen molar-refractivity contribution < 1.29 is 9.59 Å². The first-order chi connectivity index (χ1) is 7.63. The summed E-state index contributed by atoms with van der Waals surface area (Å²) in [5.41, 5.74) is 0. The van der Waals surface area contributed by atoms with E-state index in [0.29, 0.717) is 18.2 Å². The number of hydrogen-bond acceptors (Lipinski definition) is 4. The van der Waals surface area contributed by atoms with Crippen LogP contribution in [0.2, 0.25) is 0 Å². The third kappa shape index (κ3) is 4.65. The lowest BCUT2D eigenvalue weighted by Gasteiger charge is -2.17. The maximum atomic E-state index is 11.7. The minimum absolute atomic E-state index is 0.137. The molecule has 2 unspecified atom stereocenters. The number of carbonyl (C=O) groups is 2. The average molecular weight is 262 g/mol. The first-order valence-corrected chi connectivity index (χ1v) is 7.15. The number of carbonyl (C=O) groups excluding carboxylic acids is 2. The summed E-state index contributed by atoms with van der Waals surface area (Å²) in [6.45, 7) is 2.10. The van der Waals surface area contributed by atoms with Crippen molar-refractivity contribution in [1.29, 1.82) is 0 Å². The molecule has 1 fully saturated rings. The quantitative estimate of drug-likeness (QED) is 0.624. The zero-order valence-electron chi connectivity index (χ0n) is 9.36. The normalized spacial score (nSPS) is 21.5. The highest BCUT2D eigenvalue weighted by atomic mass is 32.2. The topological polar surface area (TPSA) is 58.2 Å². The largest absolute Gasteiger partial charge is 0.354 e. The number of amides is 2. The predicted octanol–water partition coefficient (Wildman–Crippen LogP) is 0.290. The Bertz CT molecular complexity index is 255. The monoisotopic (exact) mass is 262 g/mol. The highest BCUT2D eigenvalue weighted by Gasteiger charge is 2.20. The number of hydrogen-bond donors (Lipinski definition) is 3. The second kappa shape index (κ2) is 7.06. The third-order valence-corrected chi connectivity index (χ3v) is 4.06. The Labute approximate surface area is 106 Å². The predicted molar refractivity (Wildman–Crippen MR) is 69.9 cm³/mol. The highest BCUT2D eigenvalue weighted by Crippen LogP contribution is 2.22. The van der Waals surface area contributed by atoms with Gasteiger partial charge in [0, 0.05) is 19.2 Å². The van der Waals surface area contributed by atoms with Gasteiger partial charge in [0.1, 0.15) is 6.04 Å². The van der Waals surface area contributed by atoms with Gasteiger partial charge >= 0.3 is 0 Å². The van der Waals surface area contributed by atoms with Crippen LogP contribution in [-0.4, -0.2) is 41.7 Å². The molecule has 0 bridgehead atoms. The SMILES string of the molecule is CC(=O)NC(CS)C(=O)NCC1CCSC1. The Morgan fingerprint density at radius 1 is 1.56 bits per heavy atom. The van der Waals surface area contributed by atoms with Gasteiger partial charge < -0.3 is 10.6 Å². The third-order valence-electron chi connectivity index (χ3n) is 2.47. The molecule has 1 rings (SSSR count). The van der Waals surface area contributed by atoms with Crippen LogP contribution >= 0.6 is 24.4 Å². The van der Waals surface area contributed by atoms with Gasteiger partial charge in [-0.05, 0) is 23.8 Å². The van der Waals surface area contributed by atoms with E-state index in [1.54, 1.807) is 0 Å². The lowest BCUT2D eigenvalue weighted by molar-refractivity contribution is -0.127. The lowest BCUT2D eigenvalue weighted by Crippen LogP contribution is -2.48. The summed E-state index contributed by atoms with van der Waals surface area (Å²) in [5, 5.41) is 5.44. The van der Waals surface area contributed by atoms with Crippen LogP contribution in [0.4, 0.5) is 0 Å². The molecule has 0 spiro atoms. The minimum atomic E-state index is -0.519. The van der Waals surface area contributed by atoms with Gasteiger partial charge in [-0.2, -0.15) is 24.4 Å². The smallest absolute Gasteiger partial charge is 0.243 e. The molecule has 1 aliphatic rings. The van der Waals surface area contributed by atoms with Crippen LogP contribution in [0.15, 0.2) is 0 Å². The summed E-state index contributed by atoms with van der Waals surface area (Å²) in [6, 6.07) is -0.519. The van der Waals surface area contributed by atoms with Crippen molar-refractivity contribution in [2.75, 3.05) is 23.8 Å². The van der Waals surface area contributed by atoms with Crippen molar-refractivity contribution in [3.63, 3.8) is 0 Å². The molecule has 0 aliphatic carbocycles. The van der Waals surface area contributed by atoms with Crippen molar-refractivity contribution in [2.45, 2.75) is 19.4 Å². The molecule has 0 aromatic rings. The molecule has 1 saturated heterocycles. The van der Waals surface area contributed by atoms with Gasteiger partial charge in [0.15, 0.2) is 0 Å². The molecule has 16 heavy (non-hydrogen) atoms. The van der Waals surface area contributed by atoms with Crippen molar-refractivity contribution >= 4 is 36.2 Å². The van der Waals surface area contributed by atoms with Gasteiger partial charge in [-0.3, -0.25) is 9.59 Å². The second-order valence-corrected chi connectivity index (χ2v) is 5.43. The Morgan fingerprint density at radius 2 is 2.31 bits per heavy atom. The minimum Gasteiger partial charge on any atom is -0.354 e. The van der Waals surface area contributed by atoms with E-state index in [9.17, 15) is 9.59 Å². The van der Waals surface area contributed by atoms with E-state index >= 15 is 0 Å². The van der Waals surface area contributed by atoms with Gasteiger partial charge in [0.05, 0.1) is 0 Å². The first kappa shape index (κ1) is 13.7. The van der Waals surface area contributed by atoms with Crippen LogP contribution in [-0.2, 0) is 9.59 Å². The molecule has 6 heteroatoms. The Kier molecular flexibility index (Phi) is 6.05. The van der Waals surface area contributed by atoms with Crippen molar-refractivity contribution in [3.8, 4) is 0 Å². The molecule has 0 aromatic carbocycles. The highest BCUT2D eigenvalue weighted by molar-refractivity contribution is 7.99. The van der Waals surface area contributed by atoms with E-state index in [1.165, 1.54) is 12.7 Å². The Morgan fingerprint density at radius 3 is 2.81 bits per heavy atom. The average Bonchev–Trinajstić information content (AvgIpc) is 2.75. The van der Waals surface area contributed by atoms with Crippen LogP contribution in [0.3, 0.4) is 0 Å². The molecule has 2 N–H and O–H groups in total. The zero-order valence-corrected chi connectivity index (χ0v) is 11.1. The van der Waals surface area contributed by atoms with Crippen LogP contribution < -0.4 is 10.6 Å². The van der Waals surface area contributed by atoms with Gasteiger partial charge in [-0.1, -0.05) is 0 Å². The summed E-state index contributed by atoms with van der Waals surface area (Å²) >= 11 is 5.98. The zero-order chi connectivity index (χ0) is 12.0. The second-order valence-electron chi connectivity index (χ2n) is 3.91. The van der Waals surface area contributed by atoms with Crippen LogP contribution in [0.5, 0.6) is 0 Å². The molecular formula is C10H18N2O2S2. The summed E-state index contributed by atoms with van der Waals surface area (Å²) in [6.07, 6.45) is 1.16. The molecule has 2 amide bonds. The number of nitrogens with one attached hydrogen (secondary N) is 2. The molecule has 0 aromatic heterocycles. The van der Waals surface area contributed by atoms with Crippen molar-refractivity contribution in [2.24, 2.45) is 5.92 Å². The fourth-order valence-electron chi connectivity index (χ4n) is 1.55. The first-order valence-electron chi connectivity index (χ1n) is 5.37. The van der Waals surface area contributed by atoms with Gasteiger partial charge in [-0.25, -0.2) is 0 Å². The van der Waals surface area contributed by atoms with Crippen molar-refractivity contribution in [1.82, 2.24) is 10.6 Å². The maximum absolute atomic E-state index is 11.7. The van der Waals surface area contributed by atoms with E-state index in [4.69, 9.17) is 0 Å². The van der Waals surface area contributed by atoms with Crippen LogP contribution in [0.1, 0.15) is 13.3 Å². The molecule has 4 nitrogen and oxygen atoms in total. The summed E-state index contributed by atoms with van der Waals surface area (Å²) < 4.78 is 0. The molecule has 0 saturated carbocycles. The fourth-order valence-corrected chi connectivity index (χ4v) is 3.09. The van der Waals surface area contributed by atoms with Gasteiger partial charge in [0.25, 0.3) is 0 Å². The molecule has 0 radical (unpaired) electrons. The van der Waals surface area contributed by atoms with E-state index in [1.807, 2.05) is 11.8 Å². The number of rotatable bonds is 5. The number of thioether (sulfide) groups is 1. The standard InChI is InChI=1S/C10H18N2O2S2/c1-7(13)12-9(5-15)10(14)11-4-8-2-3-16-6-8/h8-9,15H,2-6H2,1H3,(H,11,14)(H,12,13). The van der Waals surface area contributed by atoms with Gasteiger partial charge in [-0.15, -0.1) is 0 Å². The van der Waals surface area contributed by atoms with Crippen molar-refractivity contribution in [3.05, 3.63) is 0 Å². The van der Waals surface area contributed by atoms with E-state index in [0.717, 1.165) is 12.2 Å². The Hall–Kier alpha value is -0.360. The summed E-state index contributed by atoms with van der Waals surface area (Å²) in [4.78, 5) is 22.5. The van der Waals surface area contributed by atoms with E-state index in [-0.39, 0.29) is 11.8 Å². The molecule has 92 valence electrons. The van der Waals surface area contributed by atoms with E-state index < -0.39 is 6.04 Å². The Balaban J connectivity index is 2.28. The van der Waals surface area contributed by atoms with Crippen LogP contribution in [0.25, 0.3) is 0 Å². The molecule has 2 atom stereocenters. The van der Waals surface area contributed by atoms with Gasteiger partial charge in [0.2, 0.25) is 11.8 Å². The summed E-state index contributed by atoms with van der Waals surface area (Å²) in [5.74, 6) is 2.86. The molecule has 1 heterocycles. The number of thiol groups is 1. The van der Waals surface area contributed by atoms with Crippen LogP contribution in [0, 0.1) is 5.92 Å². The molecular weight excluding hydrogens is 244 g/mol. The van der Waals surface area contributed by atoms with E-state index in [2.05, 4.69) is 23.3 Å². The maximum Gasteiger partial charge on any atom is 0.243 e.